The van der Waals surface area contributed by atoms with Gasteiger partial charge in [0.25, 0.3) is 0 Å². The highest BCUT2D eigenvalue weighted by molar-refractivity contribution is 5.91. The van der Waals surface area contributed by atoms with Crippen molar-refractivity contribution in [3.8, 4) is 0 Å². The zero-order chi connectivity index (χ0) is 20.4. The maximum Gasteiger partial charge on any atom is 0.246 e. The number of carbonyl (C=O) groups excluding carboxylic acids is 1. The third-order valence-corrected chi connectivity index (χ3v) is 5.32. The quantitative estimate of drug-likeness (QED) is 0.665. The molecule has 0 fully saturated rings. The molecule has 0 unspecified atom stereocenters. The number of benzene rings is 1. The first-order valence-electron chi connectivity index (χ1n) is 9.87. The molecule has 1 aromatic carbocycles. The van der Waals surface area contributed by atoms with Crippen LogP contribution in [0.2, 0.25) is 0 Å². The van der Waals surface area contributed by atoms with Crippen LogP contribution in [-0.2, 0) is 17.9 Å². The average Bonchev–Trinajstić information content (AvgIpc) is 2.92. The summed E-state index contributed by atoms with van der Waals surface area (Å²) in [5, 5.41) is 7.88. The minimum atomic E-state index is -0.0790. The lowest BCUT2D eigenvalue weighted by Crippen LogP contribution is -2.29. The highest BCUT2D eigenvalue weighted by Gasteiger charge is 2.15. The molecule has 150 valence electrons. The van der Waals surface area contributed by atoms with Crippen LogP contribution in [0.3, 0.4) is 0 Å². The number of aromatic nitrogens is 1. The summed E-state index contributed by atoms with van der Waals surface area (Å²) in [6, 6.07) is 10.4. The van der Waals surface area contributed by atoms with Gasteiger partial charge in [0.05, 0.1) is 6.54 Å². The Bertz CT molecular complexity index is 1070. The second kappa shape index (κ2) is 8.09. The monoisotopic (exact) mass is 390 g/mol. The van der Waals surface area contributed by atoms with Crippen molar-refractivity contribution in [2.75, 3.05) is 18.9 Å². The predicted octanol–water partition coefficient (Wildman–Crippen LogP) is 3.71. The van der Waals surface area contributed by atoms with Crippen LogP contribution in [0.1, 0.15) is 29.4 Å². The molecule has 0 spiro atoms. The maximum absolute atomic E-state index is 12.6. The first-order chi connectivity index (χ1) is 14.0. The smallest absolute Gasteiger partial charge is 0.246 e. The Hall–Kier alpha value is -3.12. The number of carbonyl (C=O) groups is 1. The van der Waals surface area contributed by atoms with Crippen LogP contribution in [-0.4, -0.2) is 35.4 Å². The molecule has 0 saturated carbocycles. The Balaban J connectivity index is 1.44. The van der Waals surface area contributed by atoms with E-state index in [9.17, 15) is 4.79 Å². The van der Waals surface area contributed by atoms with Crippen LogP contribution in [0.25, 0.3) is 17.0 Å². The summed E-state index contributed by atoms with van der Waals surface area (Å²) in [6.07, 6.45) is 5.18. The summed E-state index contributed by atoms with van der Waals surface area (Å²) in [7, 11) is 1.78. The van der Waals surface area contributed by atoms with E-state index in [4.69, 9.17) is 4.42 Å². The molecular formula is C23H26N4O2. The predicted molar refractivity (Wildman–Crippen MR) is 115 cm³/mol. The molecule has 6 heteroatoms. The van der Waals surface area contributed by atoms with Gasteiger partial charge in [-0.05, 0) is 37.6 Å². The van der Waals surface area contributed by atoms with E-state index in [1.807, 2.05) is 37.3 Å². The number of likely N-dealkylation sites (N-methyl/N-ethyl adjacent to an activating group) is 1. The van der Waals surface area contributed by atoms with E-state index in [-0.39, 0.29) is 5.91 Å². The molecule has 1 aliphatic heterocycles. The number of rotatable bonds is 4. The molecule has 2 N–H and O–H groups in total. The number of amides is 1. The molecule has 1 aliphatic rings. The van der Waals surface area contributed by atoms with Crippen molar-refractivity contribution in [3.05, 3.63) is 65.1 Å². The molecule has 1 amide bonds. The van der Waals surface area contributed by atoms with Gasteiger partial charge in [-0.25, -0.2) is 4.98 Å². The zero-order valence-electron chi connectivity index (χ0n) is 17.0. The van der Waals surface area contributed by atoms with E-state index in [2.05, 4.69) is 28.6 Å². The summed E-state index contributed by atoms with van der Waals surface area (Å²) >= 11 is 0. The summed E-state index contributed by atoms with van der Waals surface area (Å²) < 4.78 is 5.92. The highest BCUT2D eigenvalue weighted by Crippen LogP contribution is 2.25. The lowest BCUT2D eigenvalue weighted by Gasteiger charge is -2.14. The van der Waals surface area contributed by atoms with Gasteiger partial charge in [-0.3, -0.25) is 4.79 Å². The standard InChI is InChI=1S/C23H26N4O2/c1-15-11-25-23-18(13-24-15)10-17(12-26-23)8-9-22(28)27(3)14-21-16(2)19-6-4-5-7-20(19)29-21/h4-10,12,15,24H,11,13-14H2,1-3H3,(H,25,26)/b9-8+/t15-/m1/s1. The van der Waals surface area contributed by atoms with E-state index in [1.165, 1.54) is 0 Å². The number of hydrogen-bond donors (Lipinski definition) is 2. The second-order valence-electron chi connectivity index (χ2n) is 7.61. The van der Waals surface area contributed by atoms with Gasteiger partial charge in [0, 0.05) is 55.0 Å². The molecule has 4 rings (SSSR count). The average molecular weight is 390 g/mol. The van der Waals surface area contributed by atoms with E-state index in [1.54, 1.807) is 24.2 Å². The lowest BCUT2D eigenvalue weighted by atomic mass is 10.1. The Morgan fingerprint density at radius 1 is 1.38 bits per heavy atom. The van der Waals surface area contributed by atoms with Crippen molar-refractivity contribution in [1.29, 1.82) is 0 Å². The van der Waals surface area contributed by atoms with E-state index < -0.39 is 0 Å². The number of aryl methyl sites for hydroxylation is 1. The molecule has 0 saturated heterocycles. The minimum absolute atomic E-state index is 0.0790. The van der Waals surface area contributed by atoms with Gasteiger partial charge in [0.2, 0.25) is 5.91 Å². The number of hydrogen-bond acceptors (Lipinski definition) is 5. The van der Waals surface area contributed by atoms with Crippen LogP contribution >= 0.6 is 0 Å². The largest absolute Gasteiger partial charge is 0.459 e. The molecule has 2 aromatic heterocycles. The highest BCUT2D eigenvalue weighted by atomic mass is 16.3. The van der Waals surface area contributed by atoms with Crippen LogP contribution in [0.15, 0.2) is 47.0 Å². The first kappa shape index (κ1) is 19.2. The topological polar surface area (TPSA) is 70.4 Å². The van der Waals surface area contributed by atoms with Gasteiger partial charge in [-0.15, -0.1) is 0 Å². The Labute approximate surface area is 170 Å². The number of nitrogens with zero attached hydrogens (tertiary/aromatic N) is 2. The van der Waals surface area contributed by atoms with Crippen LogP contribution in [0.4, 0.5) is 5.82 Å². The van der Waals surface area contributed by atoms with Gasteiger partial charge in [0.1, 0.15) is 17.2 Å². The van der Waals surface area contributed by atoms with Gasteiger partial charge in [-0.1, -0.05) is 18.2 Å². The number of anilines is 1. The van der Waals surface area contributed by atoms with Crippen molar-refractivity contribution < 1.29 is 9.21 Å². The number of furan rings is 1. The summed E-state index contributed by atoms with van der Waals surface area (Å²) in [5.74, 6) is 1.64. The molecule has 0 bridgehead atoms. The molecule has 0 aliphatic carbocycles. The molecular weight excluding hydrogens is 364 g/mol. The van der Waals surface area contributed by atoms with Crippen LogP contribution in [0, 0.1) is 6.92 Å². The fourth-order valence-corrected chi connectivity index (χ4v) is 3.48. The molecule has 0 radical (unpaired) electrons. The lowest BCUT2D eigenvalue weighted by molar-refractivity contribution is -0.125. The SMILES string of the molecule is Cc1c(CN(C)C(=O)/C=C/c2cnc3c(c2)CN[C@H](C)CN3)oc2ccccc12. The molecule has 3 aromatic rings. The summed E-state index contributed by atoms with van der Waals surface area (Å²) in [6.45, 7) is 6.20. The van der Waals surface area contributed by atoms with Crippen molar-refractivity contribution in [2.45, 2.75) is 33.0 Å². The minimum Gasteiger partial charge on any atom is -0.459 e. The second-order valence-corrected chi connectivity index (χ2v) is 7.61. The van der Waals surface area contributed by atoms with E-state index >= 15 is 0 Å². The van der Waals surface area contributed by atoms with Gasteiger partial charge >= 0.3 is 0 Å². The van der Waals surface area contributed by atoms with Crippen LogP contribution < -0.4 is 10.6 Å². The third kappa shape index (κ3) is 4.17. The first-order valence-corrected chi connectivity index (χ1v) is 9.87. The van der Waals surface area contributed by atoms with Crippen molar-refractivity contribution in [1.82, 2.24) is 15.2 Å². The molecule has 1 atom stereocenters. The summed E-state index contributed by atoms with van der Waals surface area (Å²) in [5.41, 5.74) is 3.94. The fraction of sp³-hybridized carbons (Fsp3) is 0.304. The number of pyridine rings is 1. The van der Waals surface area contributed by atoms with Crippen molar-refractivity contribution in [3.63, 3.8) is 0 Å². The Kier molecular flexibility index (Phi) is 5.36. The fourth-order valence-electron chi connectivity index (χ4n) is 3.48. The zero-order valence-corrected chi connectivity index (χ0v) is 17.0. The Morgan fingerprint density at radius 2 is 2.21 bits per heavy atom. The van der Waals surface area contributed by atoms with Crippen molar-refractivity contribution in [2.24, 2.45) is 0 Å². The van der Waals surface area contributed by atoms with Gasteiger partial charge in [0.15, 0.2) is 0 Å². The molecule has 6 nitrogen and oxygen atoms in total. The molecule has 29 heavy (non-hydrogen) atoms. The molecule has 3 heterocycles. The van der Waals surface area contributed by atoms with Crippen LogP contribution in [0.5, 0.6) is 0 Å². The third-order valence-electron chi connectivity index (χ3n) is 5.32. The number of para-hydroxylation sites is 1. The number of nitrogens with one attached hydrogen (secondary N) is 2. The van der Waals surface area contributed by atoms with Gasteiger partial charge in [-0.2, -0.15) is 0 Å². The van der Waals surface area contributed by atoms with E-state index in [0.29, 0.717) is 12.6 Å². The van der Waals surface area contributed by atoms with E-state index in [0.717, 1.165) is 52.3 Å². The number of fused-ring (bicyclic) bond motifs is 2. The summed E-state index contributed by atoms with van der Waals surface area (Å²) in [4.78, 5) is 18.7. The Morgan fingerprint density at radius 3 is 3.03 bits per heavy atom. The van der Waals surface area contributed by atoms with Gasteiger partial charge < -0.3 is 20.0 Å². The normalized spacial score (nSPS) is 16.4. The van der Waals surface area contributed by atoms with Crippen molar-refractivity contribution >= 4 is 28.8 Å². The maximum atomic E-state index is 12.6.